The largest absolute Gasteiger partial charge is 0.308 e. The molecule has 3 rings (SSSR count). The summed E-state index contributed by atoms with van der Waals surface area (Å²) in [5.74, 6) is 1.95. The predicted molar refractivity (Wildman–Crippen MR) is 84.2 cm³/mol. The third-order valence-corrected chi connectivity index (χ3v) is 4.15. The number of hydrogen-bond donors (Lipinski definition) is 1. The summed E-state index contributed by atoms with van der Waals surface area (Å²) >= 11 is 0. The number of rotatable bonds is 4. The molecule has 23 heavy (non-hydrogen) atoms. The second-order valence-electron chi connectivity index (χ2n) is 6.26. The van der Waals surface area contributed by atoms with Crippen molar-refractivity contribution in [2.75, 3.05) is 0 Å². The van der Waals surface area contributed by atoms with E-state index in [0.717, 1.165) is 31.0 Å². The zero-order chi connectivity index (χ0) is 16.4. The Balaban J connectivity index is 1.65. The third-order valence-electron chi connectivity index (χ3n) is 4.15. The average molecular weight is 313 g/mol. The van der Waals surface area contributed by atoms with Gasteiger partial charge in [-0.1, -0.05) is 13.8 Å². The normalized spacial score (nSPS) is 17.1. The van der Waals surface area contributed by atoms with E-state index >= 15 is 0 Å². The van der Waals surface area contributed by atoms with Crippen molar-refractivity contribution >= 4 is 0 Å². The smallest absolute Gasteiger partial charge is 0.153 e. The Morgan fingerprint density at radius 2 is 2.30 bits per heavy atom. The summed E-state index contributed by atoms with van der Waals surface area (Å²) in [6, 6.07) is 6.72. The van der Waals surface area contributed by atoms with Crippen molar-refractivity contribution in [3.05, 3.63) is 46.8 Å². The Hall–Kier alpha value is -2.26. The van der Waals surface area contributed by atoms with Crippen molar-refractivity contribution in [3.63, 3.8) is 0 Å². The molecule has 1 N–H and O–H groups in total. The Labute approximate surface area is 135 Å². The van der Waals surface area contributed by atoms with Crippen molar-refractivity contribution < 1.29 is 4.39 Å². The lowest BCUT2D eigenvalue weighted by atomic mass is 10.1. The highest BCUT2D eigenvalue weighted by atomic mass is 19.1. The van der Waals surface area contributed by atoms with Crippen LogP contribution in [0.15, 0.2) is 18.2 Å². The standard InChI is InChI=1S/C17H20FN5/c1-11(2)17-21-16-6-4-14(10-23(16)22-17)20-9-13-7-12(8-19)3-5-15(13)18/h3,5,7,11,14,20H,4,6,9-10H2,1-2H3. The molecule has 1 unspecified atom stereocenters. The van der Waals surface area contributed by atoms with Crippen LogP contribution in [0.5, 0.6) is 0 Å². The van der Waals surface area contributed by atoms with Crippen LogP contribution in [-0.4, -0.2) is 20.8 Å². The number of nitrogens with zero attached hydrogens (tertiary/aromatic N) is 4. The maximum absolute atomic E-state index is 13.8. The molecule has 6 heteroatoms. The van der Waals surface area contributed by atoms with Crippen LogP contribution in [0.4, 0.5) is 4.39 Å². The SMILES string of the molecule is CC(C)c1nc2n(n1)CC(NCc1cc(C#N)ccc1F)CC2. The zero-order valence-electron chi connectivity index (χ0n) is 13.4. The fourth-order valence-corrected chi connectivity index (χ4v) is 2.77. The molecule has 5 nitrogen and oxygen atoms in total. The van der Waals surface area contributed by atoms with Crippen molar-refractivity contribution in [3.8, 4) is 6.07 Å². The molecule has 0 saturated carbocycles. The van der Waals surface area contributed by atoms with Gasteiger partial charge in [-0.25, -0.2) is 14.1 Å². The third kappa shape index (κ3) is 3.40. The number of nitrogens with one attached hydrogen (secondary N) is 1. The molecular weight excluding hydrogens is 293 g/mol. The summed E-state index contributed by atoms with van der Waals surface area (Å²) in [6.45, 7) is 5.33. The highest BCUT2D eigenvalue weighted by Gasteiger charge is 2.22. The summed E-state index contributed by atoms with van der Waals surface area (Å²) in [4.78, 5) is 4.57. The molecule has 0 fully saturated rings. The second kappa shape index (κ2) is 6.47. The van der Waals surface area contributed by atoms with Gasteiger partial charge in [0.05, 0.1) is 18.2 Å². The molecule has 120 valence electrons. The van der Waals surface area contributed by atoms with Gasteiger partial charge in [-0.2, -0.15) is 10.4 Å². The van der Waals surface area contributed by atoms with Crippen LogP contribution < -0.4 is 5.32 Å². The number of aryl methyl sites for hydroxylation is 1. The lowest BCUT2D eigenvalue weighted by Crippen LogP contribution is -2.37. The summed E-state index contributed by atoms with van der Waals surface area (Å²) in [6.07, 6.45) is 1.83. The van der Waals surface area contributed by atoms with Crippen molar-refractivity contribution in [1.29, 1.82) is 5.26 Å². The quantitative estimate of drug-likeness (QED) is 0.942. The fourth-order valence-electron chi connectivity index (χ4n) is 2.77. The minimum atomic E-state index is -0.282. The molecule has 1 aliphatic heterocycles. The van der Waals surface area contributed by atoms with Crippen LogP contribution in [0.3, 0.4) is 0 Å². The van der Waals surface area contributed by atoms with Crippen LogP contribution in [0.25, 0.3) is 0 Å². The lowest BCUT2D eigenvalue weighted by Gasteiger charge is -2.23. The van der Waals surface area contributed by atoms with Gasteiger partial charge in [0, 0.05) is 30.5 Å². The van der Waals surface area contributed by atoms with Gasteiger partial charge in [0.2, 0.25) is 0 Å². The summed E-state index contributed by atoms with van der Waals surface area (Å²) < 4.78 is 15.8. The van der Waals surface area contributed by atoms with Crippen molar-refractivity contribution in [2.24, 2.45) is 0 Å². The average Bonchev–Trinajstić information content (AvgIpc) is 2.97. The highest BCUT2D eigenvalue weighted by Crippen LogP contribution is 2.18. The minimum absolute atomic E-state index is 0.231. The highest BCUT2D eigenvalue weighted by molar-refractivity contribution is 5.33. The molecule has 0 saturated heterocycles. The van der Waals surface area contributed by atoms with Gasteiger partial charge >= 0.3 is 0 Å². The number of nitriles is 1. The van der Waals surface area contributed by atoms with Gasteiger partial charge in [-0.15, -0.1) is 0 Å². The van der Waals surface area contributed by atoms with Crippen LogP contribution in [0, 0.1) is 17.1 Å². The summed E-state index contributed by atoms with van der Waals surface area (Å²) in [5, 5.41) is 16.8. The Morgan fingerprint density at radius 1 is 1.48 bits per heavy atom. The summed E-state index contributed by atoms with van der Waals surface area (Å²) in [7, 11) is 0. The molecule has 1 aliphatic rings. The molecule has 2 aromatic rings. The van der Waals surface area contributed by atoms with Crippen LogP contribution >= 0.6 is 0 Å². The number of hydrogen-bond acceptors (Lipinski definition) is 4. The van der Waals surface area contributed by atoms with E-state index in [1.165, 1.54) is 12.1 Å². The van der Waals surface area contributed by atoms with Gasteiger partial charge in [-0.3, -0.25) is 0 Å². The Kier molecular flexibility index (Phi) is 4.39. The molecule has 0 amide bonds. The molecule has 1 aromatic carbocycles. The topological polar surface area (TPSA) is 66.5 Å². The Morgan fingerprint density at radius 3 is 3.04 bits per heavy atom. The van der Waals surface area contributed by atoms with E-state index in [1.807, 2.05) is 10.8 Å². The fraction of sp³-hybridized carbons (Fsp3) is 0.471. The van der Waals surface area contributed by atoms with Gasteiger partial charge < -0.3 is 5.32 Å². The van der Waals surface area contributed by atoms with Gasteiger partial charge in [0.25, 0.3) is 0 Å². The molecule has 1 atom stereocenters. The Bertz CT molecular complexity index is 744. The van der Waals surface area contributed by atoms with Crippen LogP contribution in [0.1, 0.15) is 49.0 Å². The maximum Gasteiger partial charge on any atom is 0.153 e. The van der Waals surface area contributed by atoms with E-state index in [4.69, 9.17) is 5.26 Å². The predicted octanol–water partition coefficient (Wildman–Crippen LogP) is 2.52. The van der Waals surface area contributed by atoms with Gasteiger partial charge in [-0.05, 0) is 24.6 Å². The molecular formula is C17H20FN5. The van der Waals surface area contributed by atoms with Crippen molar-refractivity contribution in [2.45, 2.75) is 51.7 Å². The van der Waals surface area contributed by atoms with E-state index in [2.05, 4.69) is 29.2 Å². The molecule has 2 heterocycles. The summed E-state index contributed by atoms with van der Waals surface area (Å²) in [5.41, 5.74) is 1.00. The van der Waals surface area contributed by atoms with E-state index in [-0.39, 0.29) is 11.9 Å². The number of halogens is 1. The van der Waals surface area contributed by atoms with Crippen LogP contribution in [0.2, 0.25) is 0 Å². The minimum Gasteiger partial charge on any atom is -0.308 e. The lowest BCUT2D eigenvalue weighted by molar-refractivity contribution is 0.355. The van der Waals surface area contributed by atoms with Crippen molar-refractivity contribution in [1.82, 2.24) is 20.1 Å². The number of aromatic nitrogens is 3. The van der Waals surface area contributed by atoms with Gasteiger partial charge in [0.1, 0.15) is 11.6 Å². The first-order valence-corrected chi connectivity index (χ1v) is 7.92. The molecule has 0 bridgehead atoms. The number of benzene rings is 1. The first-order chi connectivity index (χ1) is 11.1. The zero-order valence-corrected chi connectivity index (χ0v) is 13.4. The number of fused-ring (bicyclic) bond motifs is 1. The molecule has 0 aliphatic carbocycles. The molecule has 0 spiro atoms. The maximum atomic E-state index is 13.8. The van der Waals surface area contributed by atoms with E-state index in [9.17, 15) is 4.39 Å². The van der Waals surface area contributed by atoms with Gasteiger partial charge in [0.15, 0.2) is 5.82 Å². The second-order valence-corrected chi connectivity index (χ2v) is 6.26. The monoisotopic (exact) mass is 313 g/mol. The van der Waals surface area contributed by atoms with Crippen LogP contribution in [-0.2, 0) is 19.5 Å². The first-order valence-electron chi connectivity index (χ1n) is 7.92. The van der Waals surface area contributed by atoms with E-state index in [1.54, 1.807) is 6.07 Å². The van der Waals surface area contributed by atoms with E-state index < -0.39 is 0 Å². The molecule has 1 aromatic heterocycles. The van der Waals surface area contributed by atoms with E-state index in [0.29, 0.717) is 23.6 Å². The molecule has 0 radical (unpaired) electrons. The first kappa shape index (κ1) is 15.6.